The van der Waals surface area contributed by atoms with Crippen molar-refractivity contribution in [3.8, 4) is 0 Å². The number of nitrogens with two attached hydrogens (primary N) is 1. The van der Waals surface area contributed by atoms with Crippen LogP contribution in [-0.2, 0) is 4.74 Å². The molecule has 0 aliphatic heterocycles. The molecule has 0 aliphatic rings. The molecule has 0 unspecified atom stereocenters. The van der Waals surface area contributed by atoms with E-state index < -0.39 is 5.97 Å². The molecule has 1 rings (SSSR count). The highest BCUT2D eigenvalue weighted by molar-refractivity contribution is 7.19. The number of methoxy groups -OCH3 is 1. The zero-order chi connectivity index (χ0) is 11.6. The number of hydrogen-bond donors (Lipinski definition) is 2. The van der Waals surface area contributed by atoms with Crippen molar-refractivity contribution in [2.24, 2.45) is 0 Å². The van der Waals surface area contributed by atoms with Crippen LogP contribution in [0.25, 0.3) is 0 Å². The number of rotatable bonds is 3. The summed E-state index contributed by atoms with van der Waals surface area (Å²) in [5, 5.41) is 3.36. The van der Waals surface area contributed by atoms with E-state index in [1.165, 1.54) is 14.0 Å². The Hall–Kier alpha value is -1.56. The van der Waals surface area contributed by atoms with Crippen LogP contribution in [0.2, 0.25) is 0 Å². The highest BCUT2D eigenvalue weighted by atomic mass is 32.1. The molecule has 0 saturated heterocycles. The molecule has 0 fully saturated rings. The molecule has 0 spiro atoms. The Balaban J connectivity index is 3.36. The molecule has 6 heteroatoms. The van der Waals surface area contributed by atoms with Gasteiger partial charge in [-0.2, -0.15) is 0 Å². The Morgan fingerprint density at radius 2 is 2.07 bits per heavy atom. The first-order valence-electron chi connectivity index (χ1n) is 4.22. The number of nitrogen functional groups attached to an aromatic ring is 1. The van der Waals surface area contributed by atoms with Crippen molar-refractivity contribution < 1.29 is 14.3 Å². The molecule has 1 heterocycles. The van der Waals surface area contributed by atoms with Gasteiger partial charge in [-0.1, -0.05) is 0 Å². The van der Waals surface area contributed by atoms with Crippen LogP contribution in [-0.4, -0.2) is 25.9 Å². The molecule has 5 nitrogen and oxygen atoms in total. The Kier molecular flexibility index (Phi) is 3.31. The lowest BCUT2D eigenvalue weighted by Crippen LogP contribution is -2.07. The molecular formula is C9H12N2O3S. The lowest BCUT2D eigenvalue weighted by atomic mass is 10.2. The van der Waals surface area contributed by atoms with Gasteiger partial charge < -0.3 is 15.8 Å². The minimum absolute atomic E-state index is 0.163. The van der Waals surface area contributed by atoms with Crippen molar-refractivity contribution >= 4 is 33.8 Å². The van der Waals surface area contributed by atoms with E-state index in [9.17, 15) is 9.59 Å². The van der Waals surface area contributed by atoms with Crippen LogP contribution in [0.3, 0.4) is 0 Å². The molecule has 3 N–H and O–H groups in total. The van der Waals surface area contributed by atoms with Crippen molar-refractivity contribution in [2.75, 3.05) is 25.2 Å². The minimum Gasteiger partial charge on any atom is -0.465 e. The second-order valence-electron chi connectivity index (χ2n) is 2.85. The van der Waals surface area contributed by atoms with E-state index in [0.29, 0.717) is 9.88 Å². The molecule has 82 valence electrons. The fraction of sp³-hybridized carbons (Fsp3) is 0.333. The van der Waals surface area contributed by atoms with E-state index in [4.69, 9.17) is 5.73 Å². The number of esters is 1. The molecule has 1 aromatic rings. The van der Waals surface area contributed by atoms with Crippen LogP contribution in [0.15, 0.2) is 0 Å². The summed E-state index contributed by atoms with van der Waals surface area (Å²) in [6.45, 7) is 1.41. The number of carbonyl (C=O) groups excluding carboxylic acids is 2. The van der Waals surface area contributed by atoms with Crippen molar-refractivity contribution in [3.63, 3.8) is 0 Å². The molecule has 0 amide bonds. The Bertz CT molecular complexity index is 412. The zero-order valence-electron chi connectivity index (χ0n) is 8.71. The largest absolute Gasteiger partial charge is 0.465 e. The van der Waals surface area contributed by atoms with Crippen LogP contribution < -0.4 is 11.1 Å². The van der Waals surface area contributed by atoms with Crippen LogP contribution in [0.5, 0.6) is 0 Å². The van der Waals surface area contributed by atoms with Gasteiger partial charge in [0.1, 0.15) is 10.6 Å². The van der Waals surface area contributed by atoms with Gasteiger partial charge in [-0.05, 0) is 0 Å². The molecular weight excluding hydrogens is 216 g/mol. The number of carbonyl (C=O) groups is 2. The van der Waals surface area contributed by atoms with E-state index in [1.807, 2.05) is 0 Å². The second kappa shape index (κ2) is 4.31. The smallest absolute Gasteiger partial charge is 0.343 e. The maximum Gasteiger partial charge on any atom is 0.343 e. The van der Waals surface area contributed by atoms with Gasteiger partial charge in [0.25, 0.3) is 0 Å². The number of ketones is 1. The number of anilines is 2. The van der Waals surface area contributed by atoms with Crippen LogP contribution in [0, 0.1) is 0 Å². The number of thiophene rings is 1. The highest BCUT2D eigenvalue weighted by Crippen LogP contribution is 2.36. The number of nitrogens with one attached hydrogen (secondary N) is 1. The summed E-state index contributed by atoms with van der Waals surface area (Å²) in [5.41, 5.74) is 6.12. The van der Waals surface area contributed by atoms with Crippen molar-refractivity contribution in [3.05, 3.63) is 10.4 Å². The maximum atomic E-state index is 11.4. The average Bonchev–Trinajstić information content (AvgIpc) is 2.54. The normalized spacial score (nSPS) is 9.80. The third kappa shape index (κ3) is 1.94. The zero-order valence-corrected chi connectivity index (χ0v) is 9.53. The van der Waals surface area contributed by atoms with Crippen molar-refractivity contribution in [2.45, 2.75) is 6.92 Å². The second-order valence-corrected chi connectivity index (χ2v) is 3.87. The van der Waals surface area contributed by atoms with Gasteiger partial charge in [-0.25, -0.2) is 4.79 Å². The Morgan fingerprint density at radius 1 is 1.47 bits per heavy atom. The highest BCUT2D eigenvalue weighted by Gasteiger charge is 2.23. The van der Waals surface area contributed by atoms with Crippen LogP contribution in [0.4, 0.5) is 10.7 Å². The first kappa shape index (κ1) is 11.5. The van der Waals surface area contributed by atoms with Gasteiger partial charge in [0, 0.05) is 14.0 Å². The lowest BCUT2D eigenvalue weighted by molar-refractivity contribution is 0.0603. The average molecular weight is 228 g/mol. The van der Waals surface area contributed by atoms with Gasteiger partial charge in [0.05, 0.1) is 17.7 Å². The predicted octanol–water partition coefficient (Wildman–Crippen LogP) is 1.36. The summed E-state index contributed by atoms with van der Waals surface area (Å²) in [6, 6.07) is 0. The SMILES string of the molecule is CNc1sc(C(C)=O)c(N)c1C(=O)OC. The molecule has 0 aliphatic carbocycles. The Morgan fingerprint density at radius 3 is 2.47 bits per heavy atom. The van der Waals surface area contributed by atoms with Crippen molar-refractivity contribution in [1.29, 1.82) is 0 Å². The molecule has 0 atom stereocenters. The van der Waals surface area contributed by atoms with E-state index in [1.54, 1.807) is 7.05 Å². The third-order valence-corrected chi connectivity index (χ3v) is 3.21. The summed E-state index contributed by atoms with van der Waals surface area (Å²) in [5.74, 6) is -0.704. The van der Waals surface area contributed by atoms with Gasteiger partial charge in [0.2, 0.25) is 0 Å². The first-order valence-corrected chi connectivity index (χ1v) is 5.03. The summed E-state index contributed by atoms with van der Waals surface area (Å²) in [4.78, 5) is 23.0. The maximum absolute atomic E-state index is 11.4. The van der Waals surface area contributed by atoms with Gasteiger partial charge in [0.15, 0.2) is 5.78 Å². The van der Waals surface area contributed by atoms with Gasteiger partial charge in [-0.3, -0.25) is 4.79 Å². The van der Waals surface area contributed by atoms with Gasteiger partial charge >= 0.3 is 5.97 Å². The summed E-state index contributed by atoms with van der Waals surface area (Å²) >= 11 is 1.15. The quantitative estimate of drug-likeness (QED) is 0.603. The fourth-order valence-corrected chi connectivity index (χ4v) is 2.14. The minimum atomic E-state index is -0.541. The van der Waals surface area contributed by atoms with Crippen LogP contribution >= 0.6 is 11.3 Å². The lowest BCUT2D eigenvalue weighted by Gasteiger charge is -2.01. The predicted molar refractivity (Wildman–Crippen MR) is 59.6 cm³/mol. The van der Waals surface area contributed by atoms with E-state index in [-0.39, 0.29) is 17.0 Å². The first-order chi connectivity index (χ1) is 7.02. The van der Waals surface area contributed by atoms with E-state index in [2.05, 4.69) is 10.1 Å². The van der Waals surface area contributed by atoms with E-state index in [0.717, 1.165) is 11.3 Å². The number of ether oxygens (including phenoxy) is 1. The molecule has 0 bridgehead atoms. The monoisotopic (exact) mass is 228 g/mol. The number of Topliss-reactive ketones (excluding diaryl/α,β-unsaturated/α-hetero) is 1. The summed E-state index contributed by atoms with van der Waals surface area (Å²) in [7, 11) is 2.92. The molecule has 0 saturated carbocycles. The topological polar surface area (TPSA) is 81.4 Å². The molecule has 15 heavy (non-hydrogen) atoms. The molecule has 0 radical (unpaired) electrons. The van der Waals surface area contributed by atoms with E-state index >= 15 is 0 Å². The summed E-state index contributed by atoms with van der Waals surface area (Å²) < 4.78 is 4.59. The molecule has 1 aromatic heterocycles. The van der Waals surface area contributed by atoms with Crippen molar-refractivity contribution in [1.82, 2.24) is 0 Å². The third-order valence-electron chi connectivity index (χ3n) is 1.88. The Labute approximate surface area is 91.2 Å². The standard InChI is InChI=1S/C9H12N2O3S/c1-4(12)7-6(10)5(9(13)14-3)8(11-2)15-7/h11H,10H2,1-3H3. The van der Waals surface area contributed by atoms with Crippen LogP contribution in [0.1, 0.15) is 27.0 Å². The summed E-state index contributed by atoms with van der Waals surface area (Å²) in [6.07, 6.45) is 0. The fourth-order valence-electron chi connectivity index (χ4n) is 1.19. The molecule has 0 aromatic carbocycles. The number of hydrogen-bond acceptors (Lipinski definition) is 6. The van der Waals surface area contributed by atoms with Gasteiger partial charge in [-0.15, -0.1) is 11.3 Å².